The number of carboxylic acids is 4. The monoisotopic (exact) mass is 1490 g/mol. The van der Waals surface area contributed by atoms with Crippen molar-refractivity contribution in [3.05, 3.63) is 18.2 Å². The first-order chi connectivity index (χ1) is 49.9. The molecule has 1 rings (SSSR count). The number of ketones is 5. The SMILES string of the molecule is CCC(=O)C(C)(C)CC(=O)[C@@H](N)Cc1cnc[nH]1.CC[C@@H](CCCCNC(=O)CC[C@H](NC(=O)CC[C@H](CC(=O)COCCOCCNC(=O)COCCOCCNC(=O)CC[C@H](CC(=O)CCCCCCCCCCCCCCCCC(=O)O)C(=O)O)C(=O)O)C(=O)O)C(=O)CC[C@H](C(N)=O)[C@@H](C)O. The Kier molecular flexibility index (Phi) is 56.4. The second kappa shape index (κ2) is 60.7. The van der Waals surface area contributed by atoms with E-state index in [0.717, 1.165) is 63.5 Å². The van der Waals surface area contributed by atoms with Crippen molar-refractivity contribution in [1.29, 1.82) is 0 Å². The van der Waals surface area contributed by atoms with Crippen LogP contribution in [0.1, 0.15) is 246 Å². The van der Waals surface area contributed by atoms with Crippen LogP contribution in [0, 0.1) is 29.1 Å². The minimum Gasteiger partial charge on any atom is -0.481 e. The third kappa shape index (κ3) is 53.1. The predicted molar refractivity (Wildman–Crippen MR) is 388 cm³/mol. The predicted octanol–water partition coefficient (Wildman–Crippen LogP) is 6.23. The Morgan fingerprint density at radius 1 is 0.514 bits per heavy atom. The molecule has 1 aromatic heterocycles. The molecule has 7 atom stereocenters. The van der Waals surface area contributed by atoms with Crippen molar-refractivity contribution in [2.45, 2.75) is 265 Å². The normalized spacial score (nSPS) is 13.3. The van der Waals surface area contributed by atoms with Crippen LogP contribution in [0.4, 0.5) is 0 Å². The van der Waals surface area contributed by atoms with E-state index >= 15 is 0 Å². The highest BCUT2D eigenvalue weighted by Gasteiger charge is 2.32. The third-order valence-electron chi connectivity index (χ3n) is 17.9. The zero-order chi connectivity index (χ0) is 78.8. The van der Waals surface area contributed by atoms with E-state index in [0.29, 0.717) is 44.9 Å². The van der Waals surface area contributed by atoms with Gasteiger partial charge in [-0.1, -0.05) is 111 Å². The van der Waals surface area contributed by atoms with E-state index in [4.69, 9.17) is 35.5 Å². The van der Waals surface area contributed by atoms with Gasteiger partial charge in [0, 0.05) is 113 Å². The van der Waals surface area contributed by atoms with Gasteiger partial charge in [0.1, 0.15) is 36.6 Å². The Balaban J connectivity index is 0.00000518. The molecule has 0 aromatic carbocycles. The zero-order valence-electron chi connectivity index (χ0n) is 63.0. The smallest absolute Gasteiger partial charge is 0.326 e. The maximum absolute atomic E-state index is 12.7. The number of carboxylic acid groups (broad SMARTS) is 4. The number of aromatic amines is 1. The minimum atomic E-state index is -1.43. The molecule has 105 heavy (non-hydrogen) atoms. The minimum absolute atomic E-state index is 0.0156. The molecular weight excluding hydrogens is 1370 g/mol. The number of primary amides is 1. The number of aliphatic hydroxyl groups excluding tert-OH is 1. The highest BCUT2D eigenvalue weighted by atomic mass is 16.5. The van der Waals surface area contributed by atoms with Gasteiger partial charge >= 0.3 is 23.9 Å². The van der Waals surface area contributed by atoms with Crippen LogP contribution >= 0.6 is 0 Å². The maximum Gasteiger partial charge on any atom is 0.326 e. The average molecular weight is 1500 g/mol. The third-order valence-corrected chi connectivity index (χ3v) is 17.9. The number of hydrogen-bond donors (Lipinski definition) is 12. The van der Waals surface area contributed by atoms with Crippen LogP contribution in [0.3, 0.4) is 0 Å². The summed E-state index contributed by atoms with van der Waals surface area (Å²) in [4.78, 5) is 175. The summed E-state index contributed by atoms with van der Waals surface area (Å²) in [6.07, 6.45) is 19.7. The zero-order valence-corrected chi connectivity index (χ0v) is 63.0. The van der Waals surface area contributed by atoms with Crippen LogP contribution in [-0.4, -0.2) is 209 Å². The van der Waals surface area contributed by atoms with E-state index in [9.17, 15) is 87.5 Å². The molecule has 0 radical (unpaired) electrons. The number of Topliss-reactive ketones (excluding diaryl/α,β-unsaturated/α-hetero) is 5. The largest absolute Gasteiger partial charge is 0.481 e. The summed E-state index contributed by atoms with van der Waals surface area (Å²) >= 11 is 0. The number of aliphatic hydroxyl groups is 1. The Morgan fingerprint density at radius 2 is 1.00 bits per heavy atom. The fourth-order valence-corrected chi connectivity index (χ4v) is 11.4. The molecule has 0 spiro atoms. The summed E-state index contributed by atoms with van der Waals surface area (Å²) in [6.45, 7) is 9.18. The number of aromatic nitrogens is 2. The standard InChI is InChI=1S/C61H105N5O21.C13H21N3O2/c1-3-45(52(70)27-25-50(44(2)67)58(62)77)20-18-19-31-63-54(72)30-26-51(61(82)83)66-55(73)29-24-47(60(80)81)41-49(69)42-86-38-36-85-35-33-65-56(74)43-87-39-37-84-34-32-64-53(71)28-23-46(59(78)79)40-48(68)21-16-14-12-10-8-6-4-5-7-9-11-13-15-17-22-57(75)76;1-4-12(18)13(2,3)6-11(17)10(14)5-9-7-15-8-16-9/h44-47,50-51,67H,3-43H2,1-2H3,(H2,62,77)(H,63,72)(H,64,71)(H,65,74)(H,66,73)(H,75,76)(H,78,79)(H,80,81)(H,82,83);7-8,10H,4-6,14H2,1-3H3,(H,15,16)/t44-,45+,46-,47-,50+,51+;10-/m10/s1. The number of rotatable bonds is 69. The number of ether oxygens (including phenoxy) is 4. The van der Waals surface area contributed by atoms with Crippen molar-refractivity contribution in [2.24, 2.45) is 40.6 Å². The lowest BCUT2D eigenvalue weighted by atomic mass is 9.80. The lowest BCUT2D eigenvalue weighted by molar-refractivity contribution is -0.145. The number of carbonyl (C=O) groups excluding carboxylic acids is 10. The van der Waals surface area contributed by atoms with Crippen LogP contribution in [-0.2, 0) is 92.5 Å². The van der Waals surface area contributed by atoms with Gasteiger partial charge in [-0.2, -0.15) is 0 Å². The number of hydrogen-bond acceptors (Lipinski definition) is 21. The summed E-state index contributed by atoms with van der Waals surface area (Å²) in [5.74, 6) is -11.1. The molecule has 0 unspecified atom stereocenters. The molecule has 0 saturated carbocycles. The number of H-pyrrole nitrogens is 1. The van der Waals surface area contributed by atoms with E-state index in [1.807, 2.05) is 6.92 Å². The Morgan fingerprint density at radius 3 is 1.49 bits per heavy atom. The summed E-state index contributed by atoms with van der Waals surface area (Å²) in [6, 6.07) is -2.02. The van der Waals surface area contributed by atoms with Gasteiger partial charge in [-0.3, -0.25) is 62.3 Å². The van der Waals surface area contributed by atoms with E-state index in [2.05, 4.69) is 31.2 Å². The lowest BCUT2D eigenvalue weighted by Crippen LogP contribution is -2.42. The molecule has 31 heteroatoms. The summed E-state index contributed by atoms with van der Waals surface area (Å²) < 4.78 is 21.3. The van der Waals surface area contributed by atoms with Crippen LogP contribution in [0.2, 0.25) is 0 Å². The molecular formula is C74H126N8O23. The maximum atomic E-state index is 12.7. The number of amides is 5. The highest BCUT2D eigenvalue weighted by Crippen LogP contribution is 2.25. The van der Waals surface area contributed by atoms with Gasteiger partial charge in [0.2, 0.25) is 29.5 Å². The van der Waals surface area contributed by atoms with Crippen molar-refractivity contribution >= 4 is 82.3 Å². The Labute approximate surface area is 618 Å². The molecule has 0 fully saturated rings. The molecule has 5 amide bonds. The fourth-order valence-electron chi connectivity index (χ4n) is 11.4. The van der Waals surface area contributed by atoms with Crippen LogP contribution in [0.15, 0.2) is 12.5 Å². The number of nitrogens with zero attached hydrogens (tertiary/aromatic N) is 1. The summed E-state index contributed by atoms with van der Waals surface area (Å²) in [7, 11) is 0. The molecule has 0 aliphatic carbocycles. The Hall–Kier alpha value is -7.45. The Bertz CT molecular complexity index is 2710. The number of nitrogens with one attached hydrogen (secondary N) is 5. The van der Waals surface area contributed by atoms with Crippen molar-refractivity contribution in [1.82, 2.24) is 31.2 Å². The first-order valence-electron chi connectivity index (χ1n) is 37.6. The van der Waals surface area contributed by atoms with Gasteiger partial charge in [-0.25, -0.2) is 9.78 Å². The number of carbonyl (C=O) groups is 14. The van der Waals surface area contributed by atoms with Gasteiger partial charge < -0.3 is 82.2 Å². The second-order valence-corrected chi connectivity index (χ2v) is 27.4. The van der Waals surface area contributed by atoms with Gasteiger partial charge in [-0.05, 0) is 64.7 Å². The van der Waals surface area contributed by atoms with E-state index < -0.39 is 114 Å². The topological polar surface area (TPSA) is 506 Å². The van der Waals surface area contributed by atoms with Crippen LogP contribution in [0.5, 0.6) is 0 Å². The molecule has 0 aliphatic rings. The van der Waals surface area contributed by atoms with Gasteiger partial charge in [0.25, 0.3) is 0 Å². The van der Waals surface area contributed by atoms with Crippen molar-refractivity contribution in [3.63, 3.8) is 0 Å². The van der Waals surface area contributed by atoms with E-state index in [1.165, 1.54) is 39.0 Å². The molecule has 31 nitrogen and oxygen atoms in total. The van der Waals surface area contributed by atoms with Crippen LogP contribution in [0.25, 0.3) is 0 Å². The second-order valence-electron chi connectivity index (χ2n) is 27.4. The molecule has 600 valence electrons. The van der Waals surface area contributed by atoms with E-state index in [-0.39, 0.29) is 165 Å². The van der Waals surface area contributed by atoms with Crippen LogP contribution < -0.4 is 32.7 Å². The van der Waals surface area contributed by atoms with Crippen molar-refractivity contribution < 1.29 is 112 Å². The van der Waals surface area contributed by atoms with Gasteiger partial charge in [0.15, 0.2) is 11.6 Å². The van der Waals surface area contributed by atoms with E-state index in [1.54, 1.807) is 33.3 Å². The molecule has 1 aromatic rings. The van der Waals surface area contributed by atoms with Crippen molar-refractivity contribution in [2.75, 3.05) is 72.5 Å². The molecule has 1 heterocycles. The van der Waals surface area contributed by atoms with Crippen molar-refractivity contribution in [3.8, 4) is 0 Å². The first kappa shape index (κ1) is 97.5. The summed E-state index contributed by atoms with van der Waals surface area (Å²) in [5.41, 5.74) is 11.4. The lowest BCUT2D eigenvalue weighted by Gasteiger charge is -2.23. The molecule has 14 N–H and O–H groups in total. The molecule has 0 bridgehead atoms. The highest BCUT2D eigenvalue weighted by molar-refractivity contribution is 5.92. The first-order valence-corrected chi connectivity index (χ1v) is 37.6. The number of imidazole rings is 1. The molecule has 0 aliphatic heterocycles. The van der Waals surface area contributed by atoms with Gasteiger partial charge in [0.05, 0.1) is 75.9 Å². The quantitative estimate of drug-likeness (QED) is 0.0321. The summed E-state index contributed by atoms with van der Waals surface area (Å²) in [5, 5.41) is 57.6. The average Bonchev–Trinajstić information content (AvgIpc) is 1.29. The number of nitrogens with two attached hydrogens (primary N) is 2. The number of aliphatic carboxylic acids is 4. The number of unbranched alkanes of at least 4 members (excludes halogenated alkanes) is 14. The van der Waals surface area contributed by atoms with Gasteiger partial charge in [-0.15, -0.1) is 0 Å². The fraction of sp³-hybridized carbons (Fsp3) is 0.770. The molecule has 0 saturated heterocycles.